The predicted octanol–water partition coefficient (Wildman–Crippen LogP) is 6.85. The highest BCUT2D eigenvalue weighted by Gasteiger charge is 2.48. The quantitative estimate of drug-likeness (QED) is 0.438. The smallest absolute Gasteiger partial charge is 0.192 e. The molecule has 2 heteroatoms. The molecule has 1 fully saturated rings. The number of hydrogen-bond acceptors (Lipinski definition) is 1. The van der Waals surface area contributed by atoms with Gasteiger partial charge in [0.1, 0.15) is 8.24 Å². The molecule has 1 N–H and O–H groups in total. The minimum Gasteiger partial charge on any atom is -0.333 e. The van der Waals surface area contributed by atoms with Gasteiger partial charge in [0.15, 0.2) is 5.56 Å². The maximum Gasteiger partial charge on any atom is 0.192 e. The molecule has 0 bridgehead atoms. The monoisotopic (exact) mass is 400 g/mol. The number of benzene rings is 2. The molecule has 150 valence electrons. The number of nitrogens with one attached hydrogen (secondary N) is 1. The Balaban J connectivity index is 1.57. The normalized spacial score (nSPS) is 22.5. The van der Waals surface area contributed by atoms with Crippen LogP contribution in [-0.2, 0) is 5.41 Å². The summed E-state index contributed by atoms with van der Waals surface area (Å²) in [6.45, 7) is 12.1. The van der Waals surface area contributed by atoms with Crippen LogP contribution in [-0.4, -0.2) is 14.3 Å². The Hall–Kier alpha value is -1.73. The van der Waals surface area contributed by atoms with E-state index in [2.05, 4.69) is 81.3 Å². The van der Waals surface area contributed by atoms with Crippen molar-refractivity contribution in [2.45, 2.75) is 83.0 Å². The summed E-state index contributed by atoms with van der Waals surface area (Å²) in [5.74, 6) is 0. The summed E-state index contributed by atoms with van der Waals surface area (Å²) in [5.41, 5.74) is 10.7. The van der Waals surface area contributed by atoms with Crippen molar-refractivity contribution in [3.8, 4) is 11.1 Å². The SMILES string of the molecule is CC1=[C+]c2cc3c(cc2C1[Si](C)(C)NC1CCCCC1)-c1ccccc1C3(C)C. The van der Waals surface area contributed by atoms with Gasteiger partial charge >= 0.3 is 0 Å². The Kier molecular flexibility index (Phi) is 4.40. The lowest BCUT2D eigenvalue weighted by Gasteiger charge is -2.35. The van der Waals surface area contributed by atoms with E-state index in [-0.39, 0.29) is 5.41 Å². The van der Waals surface area contributed by atoms with Gasteiger partial charge in [-0.05, 0) is 30.9 Å². The Bertz CT molecular complexity index is 992. The van der Waals surface area contributed by atoms with Crippen LogP contribution in [0.3, 0.4) is 0 Å². The molecule has 0 aromatic heterocycles. The molecule has 0 spiro atoms. The van der Waals surface area contributed by atoms with Crippen LogP contribution in [0, 0.1) is 6.08 Å². The molecule has 2 aromatic carbocycles. The van der Waals surface area contributed by atoms with Crippen LogP contribution in [0.5, 0.6) is 0 Å². The Morgan fingerprint density at radius 1 is 0.966 bits per heavy atom. The minimum absolute atomic E-state index is 0.0714. The topological polar surface area (TPSA) is 12.0 Å². The van der Waals surface area contributed by atoms with Crippen molar-refractivity contribution < 1.29 is 0 Å². The maximum absolute atomic E-state index is 4.19. The summed E-state index contributed by atoms with van der Waals surface area (Å²) in [4.78, 5) is 4.19. The minimum atomic E-state index is -1.68. The second-order valence-corrected chi connectivity index (χ2v) is 14.9. The molecule has 0 heterocycles. The molecule has 5 rings (SSSR count). The molecule has 29 heavy (non-hydrogen) atoms. The van der Waals surface area contributed by atoms with Crippen molar-refractivity contribution in [3.63, 3.8) is 0 Å². The lowest BCUT2D eigenvalue weighted by atomic mass is 9.82. The highest BCUT2D eigenvalue weighted by molar-refractivity contribution is 6.77. The van der Waals surface area contributed by atoms with Gasteiger partial charge in [-0.1, -0.05) is 70.5 Å². The molecular formula is C27H34NSi+. The first kappa shape index (κ1) is 19.2. The molecule has 0 radical (unpaired) electrons. The fraction of sp³-hybridized carbons (Fsp3) is 0.481. The third kappa shape index (κ3) is 2.96. The van der Waals surface area contributed by atoms with Gasteiger partial charge in [-0.15, -0.1) is 0 Å². The van der Waals surface area contributed by atoms with E-state index in [4.69, 9.17) is 0 Å². The molecule has 0 saturated heterocycles. The van der Waals surface area contributed by atoms with Crippen LogP contribution in [0.4, 0.5) is 0 Å². The zero-order valence-corrected chi connectivity index (χ0v) is 19.7. The average molecular weight is 401 g/mol. The molecule has 1 atom stereocenters. The first-order valence-electron chi connectivity index (χ1n) is 11.5. The summed E-state index contributed by atoms with van der Waals surface area (Å²) >= 11 is 0. The van der Waals surface area contributed by atoms with Gasteiger partial charge in [0.25, 0.3) is 0 Å². The zero-order chi connectivity index (χ0) is 20.4. The molecule has 3 aliphatic rings. The van der Waals surface area contributed by atoms with Gasteiger partial charge in [0.05, 0.1) is 22.7 Å². The van der Waals surface area contributed by atoms with Crippen molar-refractivity contribution in [2.75, 3.05) is 0 Å². The molecule has 3 aliphatic carbocycles. The summed E-state index contributed by atoms with van der Waals surface area (Å²) in [5, 5.41) is 0. The van der Waals surface area contributed by atoms with Crippen molar-refractivity contribution in [1.82, 2.24) is 4.98 Å². The number of fused-ring (bicyclic) bond motifs is 4. The molecule has 1 nitrogen and oxygen atoms in total. The van der Waals surface area contributed by atoms with Gasteiger partial charge in [-0.3, -0.25) is 0 Å². The maximum atomic E-state index is 4.19. The summed E-state index contributed by atoms with van der Waals surface area (Å²) < 4.78 is 0. The van der Waals surface area contributed by atoms with E-state index in [0.717, 1.165) is 6.04 Å². The van der Waals surface area contributed by atoms with Crippen LogP contribution in [0.15, 0.2) is 42.0 Å². The van der Waals surface area contributed by atoms with Crippen molar-refractivity contribution in [3.05, 3.63) is 70.3 Å². The Labute approximate surface area is 177 Å². The average Bonchev–Trinajstić information content (AvgIpc) is 3.13. The second-order valence-electron chi connectivity index (χ2n) is 10.6. The zero-order valence-electron chi connectivity index (χ0n) is 18.7. The van der Waals surface area contributed by atoms with Crippen LogP contribution in [0.1, 0.15) is 80.7 Å². The third-order valence-electron chi connectivity index (χ3n) is 7.73. The van der Waals surface area contributed by atoms with Crippen LogP contribution < -0.4 is 4.98 Å². The molecule has 0 amide bonds. The van der Waals surface area contributed by atoms with Crippen molar-refractivity contribution in [1.29, 1.82) is 0 Å². The van der Waals surface area contributed by atoms with Crippen molar-refractivity contribution >= 4 is 8.24 Å². The Morgan fingerprint density at radius 2 is 1.69 bits per heavy atom. The van der Waals surface area contributed by atoms with Crippen LogP contribution in [0.2, 0.25) is 13.1 Å². The largest absolute Gasteiger partial charge is 0.333 e. The lowest BCUT2D eigenvalue weighted by Crippen LogP contribution is -2.55. The number of allylic oxidation sites excluding steroid dienone is 1. The highest BCUT2D eigenvalue weighted by Crippen LogP contribution is 2.52. The molecule has 1 saturated carbocycles. The molecular weight excluding hydrogens is 366 g/mol. The van der Waals surface area contributed by atoms with E-state index in [9.17, 15) is 0 Å². The fourth-order valence-electron chi connectivity index (χ4n) is 6.42. The number of rotatable bonds is 3. The van der Waals surface area contributed by atoms with Crippen LogP contribution in [0.25, 0.3) is 11.1 Å². The predicted molar refractivity (Wildman–Crippen MR) is 126 cm³/mol. The van der Waals surface area contributed by atoms with Crippen LogP contribution >= 0.6 is 0 Å². The van der Waals surface area contributed by atoms with Gasteiger partial charge in [0.2, 0.25) is 0 Å². The molecule has 1 unspecified atom stereocenters. The summed E-state index contributed by atoms with van der Waals surface area (Å²) in [7, 11) is -1.68. The van der Waals surface area contributed by atoms with E-state index in [1.54, 1.807) is 0 Å². The van der Waals surface area contributed by atoms with E-state index in [0.29, 0.717) is 5.54 Å². The lowest BCUT2D eigenvalue weighted by molar-refractivity contribution is 0.412. The summed E-state index contributed by atoms with van der Waals surface area (Å²) in [6.07, 6.45) is 10.7. The van der Waals surface area contributed by atoms with E-state index < -0.39 is 8.24 Å². The standard InChI is InChI=1S/C27H34NSi/c1-18-15-19-16-25-23(21-13-9-10-14-24(21)27(25,2)3)17-22(19)26(18)29(4,5)28-20-11-7-6-8-12-20/h9-10,13-14,16-17,20,26,28H,6-8,11-12H2,1-5H3/q+1. The van der Waals surface area contributed by atoms with Gasteiger partial charge in [-0.2, -0.15) is 0 Å². The van der Waals surface area contributed by atoms with Gasteiger partial charge in [-0.25, -0.2) is 0 Å². The highest BCUT2D eigenvalue weighted by atomic mass is 28.3. The first-order chi connectivity index (χ1) is 13.8. The first-order valence-corrected chi connectivity index (χ1v) is 14.5. The van der Waals surface area contributed by atoms with E-state index in [1.165, 1.54) is 71.1 Å². The number of hydrogen-bond donors (Lipinski definition) is 1. The van der Waals surface area contributed by atoms with Crippen molar-refractivity contribution in [2.24, 2.45) is 0 Å². The van der Waals surface area contributed by atoms with E-state index >= 15 is 0 Å². The second kappa shape index (κ2) is 6.64. The third-order valence-corrected chi connectivity index (χ3v) is 11.1. The van der Waals surface area contributed by atoms with E-state index in [1.807, 2.05) is 0 Å². The molecule has 2 aromatic rings. The summed E-state index contributed by atoms with van der Waals surface area (Å²) in [6, 6.07) is 14.7. The van der Waals surface area contributed by atoms with Gasteiger partial charge < -0.3 is 4.98 Å². The Morgan fingerprint density at radius 3 is 2.45 bits per heavy atom. The molecule has 0 aliphatic heterocycles. The van der Waals surface area contributed by atoms with Gasteiger partial charge in [0, 0.05) is 34.7 Å². The fourth-order valence-corrected chi connectivity index (χ4v) is 10.1.